The van der Waals surface area contributed by atoms with Crippen LogP contribution in [0.5, 0.6) is 0 Å². The predicted octanol–water partition coefficient (Wildman–Crippen LogP) is 2.82. The molecule has 1 heterocycles. The highest BCUT2D eigenvalue weighted by Crippen LogP contribution is 2.13. The highest BCUT2D eigenvalue weighted by atomic mass is 19.1. The third kappa shape index (κ3) is 2.31. The van der Waals surface area contributed by atoms with Crippen molar-refractivity contribution in [1.82, 2.24) is 0 Å². The molecule has 15 heavy (non-hydrogen) atoms. The van der Waals surface area contributed by atoms with Crippen LogP contribution in [0.15, 0.2) is 40.8 Å². The van der Waals surface area contributed by atoms with Gasteiger partial charge in [0.1, 0.15) is 11.6 Å². The topological polar surface area (TPSA) is 30.2 Å². The van der Waals surface area contributed by atoms with Crippen LogP contribution in [-0.4, -0.2) is 6.29 Å². The fourth-order valence-electron chi connectivity index (χ4n) is 1.40. The molecule has 0 amide bonds. The number of hydrogen-bond acceptors (Lipinski definition) is 2. The van der Waals surface area contributed by atoms with Gasteiger partial charge in [0.25, 0.3) is 0 Å². The normalized spacial score (nSPS) is 10.2. The minimum atomic E-state index is -0.269. The van der Waals surface area contributed by atoms with Crippen LogP contribution < -0.4 is 0 Å². The van der Waals surface area contributed by atoms with Gasteiger partial charge in [-0.3, -0.25) is 4.79 Å². The number of carbonyl (C=O) groups is 1. The van der Waals surface area contributed by atoms with Crippen LogP contribution in [0.3, 0.4) is 0 Å². The molecule has 3 heteroatoms. The Morgan fingerprint density at radius 3 is 2.80 bits per heavy atom. The number of hydrogen-bond donors (Lipinski definition) is 0. The standard InChI is InChI=1S/C12H9FO2/c13-10-3-1-2-9(6-10)7-11-4-5-12(8-14)15-11/h1-6,8H,7H2. The summed E-state index contributed by atoms with van der Waals surface area (Å²) in [5.74, 6) is 0.679. The van der Waals surface area contributed by atoms with Crippen molar-refractivity contribution < 1.29 is 13.6 Å². The summed E-state index contributed by atoms with van der Waals surface area (Å²) in [7, 11) is 0. The average molecular weight is 204 g/mol. The van der Waals surface area contributed by atoms with E-state index in [1.54, 1.807) is 18.2 Å². The van der Waals surface area contributed by atoms with Crippen molar-refractivity contribution in [3.63, 3.8) is 0 Å². The Kier molecular flexibility index (Phi) is 2.63. The predicted molar refractivity (Wildman–Crippen MR) is 53.3 cm³/mol. The van der Waals surface area contributed by atoms with E-state index in [1.807, 2.05) is 6.07 Å². The third-order valence-corrected chi connectivity index (χ3v) is 2.07. The number of rotatable bonds is 3. The first-order valence-electron chi connectivity index (χ1n) is 4.56. The Bertz CT molecular complexity index is 474. The zero-order valence-corrected chi connectivity index (χ0v) is 7.94. The zero-order chi connectivity index (χ0) is 10.7. The van der Waals surface area contributed by atoms with E-state index < -0.39 is 0 Å². The van der Waals surface area contributed by atoms with E-state index in [0.29, 0.717) is 24.2 Å². The fraction of sp³-hybridized carbons (Fsp3) is 0.0833. The molecule has 0 unspecified atom stereocenters. The van der Waals surface area contributed by atoms with E-state index in [-0.39, 0.29) is 5.82 Å². The first kappa shape index (κ1) is 9.65. The lowest BCUT2D eigenvalue weighted by molar-refractivity contribution is 0.109. The van der Waals surface area contributed by atoms with Crippen molar-refractivity contribution in [1.29, 1.82) is 0 Å². The minimum Gasteiger partial charge on any atom is -0.458 e. The van der Waals surface area contributed by atoms with Crippen molar-refractivity contribution >= 4 is 6.29 Å². The van der Waals surface area contributed by atoms with Crippen molar-refractivity contribution in [2.24, 2.45) is 0 Å². The summed E-state index contributed by atoms with van der Waals surface area (Å²) in [5.41, 5.74) is 0.821. The molecule has 0 N–H and O–H groups in total. The molecule has 0 fully saturated rings. The van der Waals surface area contributed by atoms with Crippen LogP contribution in [0.2, 0.25) is 0 Å². The van der Waals surface area contributed by atoms with Gasteiger partial charge in [0.2, 0.25) is 0 Å². The number of halogens is 1. The summed E-state index contributed by atoms with van der Waals surface area (Å²) in [6.45, 7) is 0. The molecular formula is C12H9FO2. The van der Waals surface area contributed by atoms with E-state index >= 15 is 0 Å². The second-order valence-corrected chi connectivity index (χ2v) is 3.23. The Morgan fingerprint density at radius 2 is 2.13 bits per heavy atom. The number of benzene rings is 1. The Labute approximate surface area is 86.3 Å². The van der Waals surface area contributed by atoms with Gasteiger partial charge in [-0.2, -0.15) is 0 Å². The molecule has 0 aliphatic rings. The van der Waals surface area contributed by atoms with E-state index in [9.17, 15) is 9.18 Å². The van der Waals surface area contributed by atoms with Gasteiger partial charge in [-0.1, -0.05) is 12.1 Å². The Morgan fingerprint density at radius 1 is 1.27 bits per heavy atom. The summed E-state index contributed by atoms with van der Waals surface area (Å²) in [4.78, 5) is 10.4. The molecular weight excluding hydrogens is 195 g/mol. The second-order valence-electron chi connectivity index (χ2n) is 3.23. The number of furan rings is 1. The van der Waals surface area contributed by atoms with E-state index in [2.05, 4.69) is 0 Å². The molecule has 1 aromatic carbocycles. The summed E-state index contributed by atoms with van der Waals surface area (Å²) < 4.78 is 18.0. The zero-order valence-electron chi connectivity index (χ0n) is 7.94. The monoisotopic (exact) mass is 204 g/mol. The first-order chi connectivity index (χ1) is 7.28. The van der Waals surface area contributed by atoms with E-state index in [0.717, 1.165) is 5.56 Å². The van der Waals surface area contributed by atoms with Crippen LogP contribution in [0.25, 0.3) is 0 Å². The number of aldehydes is 1. The first-order valence-corrected chi connectivity index (χ1v) is 4.56. The lowest BCUT2D eigenvalue weighted by atomic mass is 10.1. The van der Waals surface area contributed by atoms with Gasteiger partial charge in [-0.25, -0.2) is 4.39 Å². The van der Waals surface area contributed by atoms with Crippen molar-refractivity contribution in [3.05, 3.63) is 59.3 Å². The molecule has 0 aliphatic carbocycles. The molecule has 0 atom stereocenters. The van der Waals surface area contributed by atoms with Gasteiger partial charge >= 0.3 is 0 Å². The molecule has 0 bridgehead atoms. The molecule has 76 valence electrons. The molecule has 1 aromatic heterocycles. The summed E-state index contributed by atoms with van der Waals surface area (Å²) in [6, 6.07) is 9.61. The second kappa shape index (κ2) is 4.09. The van der Waals surface area contributed by atoms with Crippen LogP contribution in [0, 0.1) is 5.82 Å². The van der Waals surface area contributed by atoms with Crippen molar-refractivity contribution in [2.75, 3.05) is 0 Å². The Hall–Kier alpha value is -1.90. The third-order valence-electron chi connectivity index (χ3n) is 2.07. The largest absolute Gasteiger partial charge is 0.458 e. The van der Waals surface area contributed by atoms with Crippen LogP contribution in [-0.2, 0) is 6.42 Å². The smallest absolute Gasteiger partial charge is 0.185 e. The Balaban J connectivity index is 2.18. The van der Waals surface area contributed by atoms with E-state index in [1.165, 1.54) is 12.1 Å². The van der Waals surface area contributed by atoms with Gasteiger partial charge < -0.3 is 4.42 Å². The lowest BCUT2D eigenvalue weighted by Gasteiger charge is -1.97. The molecule has 2 nitrogen and oxygen atoms in total. The summed E-state index contributed by atoms with van der Waals surface area (Å²) in [5, 5.41) is 0. The van der Waals surface area contributed by atoms with Crippen LogP contribution >= 0.6 is 0 Å². The summed E-state index contributed by atoms with van der Waals surface area (Å²) in [6.07, 6.45) is 1.14. The quantitative estimate of drug-likeness (QED) is 0.719. The maximum atomic E-state index is 12.9. The van der Waals surface area contributed by atoms with Crippen LogP contribution in [0.4, 0.5) is 4.39 Å². The molecule has 0 spiro atoms. The van der Waals surface area contributed by atoms with Crippen LogP contribution in [0.1, 0.15) is 21.9 Å². The molecule has 2 rings (SSSR count). The number of carbonyl (C=O) groups excluding carboxylic acids is 1. The maximum Gasteiger partial charge on any atom is 0.185 e. The summed E-state index contributed by atoms with van der Waals surface area (Å²) >= 11 is 0. The van der Waals surface area contributed by atoms with Gasteiger partial charge in [0.15, 0.2) is 12.0 Å². The SMILES string of the molecule is O=Cc1ccc(Cc2cccc(F)c2)o1. The van der Waals surface area contributed by atoms with Crippen molar-refractivity contribution in [3.8, 4) is 0 Å². The van der Waals surface area contributed by atoms with Gasteiger partial charge in [-0.15, -0.1) is 0 Å². The molecule has 0 aliphatic heterocycles. The maximum absolute atomic E-state index is 12.9. The molecule has 0 saturated heterocycles. The lowest BCUT2D eigenvalue weighted by Crippen LogP contribution is -1.86. The van der Waals surface area contributed by atoms with E-state index in [4.69, 9.17) is 4.42 Å². The van der Waals surface area contributed by atoms with Gasteiger partial charge in [-0.05, 0) is 29.8 Å². The van der Waals surface area contributed by atoms with Gasteiger partial charge in [0, 0.05) is 6.42 Å². The fourth-order valence-corrected chi connectivity index (χ4v) is 1.40. The molecule has 0 saturated carbocycles. The molecule has 2 aromatic rings. The highest BCUT2D eigenvalue weighted by molar-refractivity contribution is 5.70. The minimum absolute atomic E-state index is 0.269. The highest BCUT2D eigenvalue weighted by Gasteiger charge is 2.02. The average Bonchev–Trinajstić information content (AvgIpc) is 2.65. The molecule has 0 radical (unpaired) electrons. The van der Waals surface area contributed by atoms with Gasteiger partial charge in [0.05, 0.1) is 0 Å². The van der Waals surface area contributed by atoms with Crippen molar-refractivity contribution in [2.45, 2.75) is 6.42 Å².